The molecular formula is C36H37N3O5. The number of fused-ring (bicyclic) bond motifs is 2. The van der Waals surface area contributed by atoms with Gasteiger partial charge < -0.3 is 14.2 Å². The second-order valence-corrected chi connectivity index (χ2v) is 11.1. The highest BCUT2D eigenvalue weighted by Crippen LogP contribution is 2.34. The van der Waals surface area contributed by atoms with E-state index in [-0.39, 0.29) is 24.2 Å². The Labute approximate surface area is 256 Å². The maximum atomic E-state index is 14.0. The van der Waals surface area contributed by atoms with Crippen LogP contribution in [0.15, 0.2) is 82.7 Å². The van der Waals surface area contributed by atoms with Crippen molar-refractivity contribution in [3.8, 4) is 22.9 Å². The van der Waals surface area contributed by atoms with Gasteiger partial charge in [-0.2, -0.15) is 9.78 Å². The Hall–Kier alpha value is -4.98. The van der Waals surface area contributed by atoms with Crippen molar-refractivity contribution >= 4 is 33.9 Å². The molecule has 5 aromatic rings. The third-order valence-corrected chi connectivity index (χ3v) is 7.22. The molecule has 0 bridgehead atoms. The van der Waals surface area contributed by atoms with Crippen LogP contribution in [0.4, 0.5) is 0 Å². The number of aryl methyl sites for hydroxylation is 1. The molecule has 8 heteroatoms. The molecule has 0 saturated heterocycles. The Morgan fingerprint density at radius 3 is 2.39 bits per heavy atom. The minimum atomic E-state index is -0.472. The number of rotatable bonds is 10. The zero-order valence-corrected chi connectivity index (χ0v) is 26.0. The van der Waals surface area contributed by atoms with Gasteiger partial charge in [0.15, 0.2) is 12.4 Å². The number of carbonyl (C=O) groups excluding carboxylic acids is 1. The quantitative estimate of drug-likeness (QED) is 0.125. The molecule has 0 aliphatic carbocycles. The monoisotopic (exact) mass is 591 g/mol. The second kappa shape index (κ2) is 13.1. The van der Waals surface area contributed by atoms with Gasteiger partial charge in [0.25, 0.3) is 5.56 Å². The lowest BCUT2D eigenvalue weighted by molar-refractivity contribution is -0.149. The highest BCUT2D eigenvalue weighted by molar-refractivity contribution is 6.02. The summed E-state index contributed by atoms with van der Waals surface area (Å²) in [5, 5.41) is 7.02. The largest absolute Gasteiger partial charge is 0.494 e. The standard InChI is InChI=1S/C36H37N3O5/c1-7-42-33-18-24(6)29(19-28(33)22(2)3)35-38-31-15-11-10-14-27(31)36(41)39(35)37-20-30-26-13-9-8-12-25(26)16-17-32(30)43-21-34(40)44-23(4)5/h8-20,22-23H,7,21H2,1-6H3. The maximum absolute atomic E-state index is 14.0. The van der Waals surface area contributed by atoms with Crippen LogP contribution in [0.25, 0.3) is 33.1 Å². The summed E-state index contributed by atoms with van der Waals surface area (Å²) in [6.45, 7) is 12.0. The fraction of sp³-hybridized carbons (Fsp3) is 0.278. The van der Waals surface area contributed by atoms with Crippen LogP contribution in [0.2, 0.25) is 0 Å². The molecule has 0 atom stereocenters. The van der Waals surface area contributed by atoms with Gasteiger partial charge >= 0.3 is 5.97 Å². The third kappa shape index (κ3) is 6.34. The van der Waals surface area contributed by atoms with Gasteiger partial charge in [-0.15, -0.1) is 0 Å². The van der Waals surface area contributed by atoms with Gasteiger partial charge in [0, 0.05) is 11.1 Å². The van der Waals surface area contributed by atoms with E-state index in [4.69, 9.17) is 24.3 Å². The van der Waals surface area contributed by atoms with Crippen LogP contribution in [0.5, 0.6) is 11.5 Å². The number of carbonyl (C=O) groups is 1. The van der Waals surface area contributed by atoms with Crippen LogP contribution in [0.3, 0.4) is 0 Å². The molecule has 8 nitrogen and oxygen atoms in total. The van der Waals surface area contributed by atoms with Gasteiger partial charge in [-0.3, -0.25) is 4.79 Å². The predicted molar refractivity (Wildman–Crippen MR) is 175 cm³/mol. The third-order valence-electron chi connectivity index (χ3n) is 7.22. The van der Waals surface area contributed by atoms with E-state index >= 15 is 0 Å². The predicted octanol–water partition coefficient (Wildman–Crippen LogP) is 7.26. The zero-order valence-electron chi connectivity index (χ0n) is 26.0. The van der Waals surface area contributed by atoms with Gasteiger partial charge in [-0.25, -0.2) is 9.78 Å². The number of hydrogen-bond acceptors (Lipinski definition) is 7. The first-order valence-corrected chi connectivity index (χ1v) is 14.9. The normalized spacial score (nSPS) is 11.6. The molecule has 0 spiro atoms. The minimum Gasteiger partial charge on any atom is -0.494 e. The number of hydrogen-bond donors (Lipinski definition) is 0. The fourth-order valence-corrected chi connectivity index (χ4v) is 5.16. The van der Waals surface area contributed by atoms with Crippen molar-refractivity contribution in [2.45, 2.75) is 53.6 Å². The first-order valence-electron chi connectivity index (χ1n) is 14.9. The highest BCUT2D eigenvalue weighted by atomic mass is 16.6. The average molecular weight is 592 g/mol. The van der Waals surface area contributed by atoms with Crippen LogP contribution in [0.1, 0.15) is 57.2 Å². The molecule has 4 aromatic carbocycles. The van der Waals surface area contributed by atoms with E-state index in [1.807, 2.05) is 74.5 Å². The van der Waals surface area contributed by atoms with Gasteiger partial charge in [0.1, 0.15) is 11.5 Å². The van der Waals surface area contributed by atoms with E-state index in [2.05, 4.69) is 13.8 Å². The van der Waals surface area contributed by atoms with Crippen molar-refractivity contribution in [2.75, 3.05) is 13.2 Å². The molecule has 0 aliphatic rings. The number of nitrogens with zero attached hydrogens (tertiary/aromatic N) is 3. The highest BCUT2D eigenvalue weighted by Gasteiger charge is 2.19. The van der Waals surface area contributed by atoms with Crippen molar-refractivity contribution in [3.05, 3.63) is 99.8 Å². The summed E-state index contributed by atoms with van der Waals surface area (Å²) in [7, 11) is 0. The molecule has 0 unspecified atom stereocenters. The Balaban J connectivity index is 1.70. The van der Waals surface area contributed by atoms with Crippen LogP contribution in [-0.4, -0.2) is 41.2 Å². The maximum Gasteiger partial charge on any atom is 0.344 e. The number of para-hydroxylation sites is 1. The van der Waals surface area contributed by atoms with Crippen molar-refractivity contribution in [1.29, 1.82) is 0 Å². The number of aromatic nitrogens is 2. The average Bonchev–Trinajstić information content (AvgIpc) is 2.99. The van der Waals surface area contributed by atoms with Crippen molar-refractivity contribution in [3.63, 3.8) is 0 Å². The molecule has 1 heterocycles. The lowest BCUT2D eigenvalue weighted by atomic mass is 9.96. The fourth-order valence-electron chi connectivity index (χ4n) is 5.16. The summed E-state index contributed by atoms with van der Waals surface area (Å²) in [6.07, 6.45) is 1.34. The Morgan fingerprint density at radius 1 is 0.932 bits per heavy atom. The smallest absolute Gasteiger partial charge is 0.344 e. The molecule has 226 valence electrons. The van der Waals surface area contributed by atoms with Gasteiger partial charge in [0.05, 0.1) is 29.8 Å². The molecule has 0 fully saturated rings. The molecule has 0 saturated carbocycles. The van der Waals surface area contributed by atoms with Crippen LogP contribution >= 0.6 is 0 Å². The summed E-state index contributed by atoms with van der Waals surface area (Å²) in [5.41, 5.74) is 3.60. The SMILES string of the molecule is CCOc1cc(C)c(-c2nc3ccccc3c(=O)n2N=Cc2c(OCC(=O)OC(C)C)ccc3ccccc23)cc1C(C)C. The van der Waals surface area contributed by atoms with E-state index in [9.17, 15) is 9.59 Å². The zero-order chi connectivity index (χ0) is 31.4. The van der Waals surface area contributed by atoms with E-state index in [0.717, 1.165) is 33.2 Å². The van der Waals surface area contributed by atoms with E-state index in [0.29, 0.717) is 34.6 Å². The van der Waals surface area contributed by atoms with Crippen LogP contribution in [-0.2, 0) is 9.53 Å². The topological polar surface area (TPSA) is 92.0 Å². The molecule has 44 heavy (non-hydrogen) atoms. The first-order chi connectivity index (χ1) is 21.2. The molecule has 0 radical (unpaired) electrons. The van der Waals surface area contributed by atoms with Crippen LogP contribution < -0.4 is 15.0 Å². The lowest BCUT2D eigenvalue weighted by Crippen LogP contribution is -2.21. The molecule has 0 aliphatic heterocycles. The first kappa shape index (κ1) is 30.5. The number of esters is 1. The summed E-state index contributed by atoms with van der Waals surface area (Å²) >= 11 is 0. The summed E-state index contributed by atoms with van der Waals surface area (Å²) < 4.78 is 18.5. The summed E-state index contributed by atoms with van der Waals surface area (Å²) in [4.78, 5) is 31.2. The van der Waals surface area contributed by atoms with E-state index < -0.39 is 5.97 Å². The van der Waals surface area contributed by atoms with Crippen LogP contribution in [0, 0.1) is 6.92 Å². The van der Waals surface area contributed by atoms with Gasteiger partial charge in [0.2, 0.25) is 0 Å². The molecular weight excluding hydrogens is 554 g/mol. The number of ether oxygens (including phenoxy) is 3. The van der Waals surface area contributed by atoms with E-state index in [1.165, 1.54) is 4.68 Å². The lowest BCUT2D eigenvalue weighted by Gasteiger charge is -2.18. The van der Waals surface area contributed by atoms with Crippen molar-refractivity contribution in [2.24, 2.45) is 5.10 Å². The van der Waals surface area contributed by atoms with Gasteiger partial charge in [-0.05, 0) is 85.8 Å². The Kier molecular flexibility index (Phi) is 9.09. The summed E-state index contributed by atoms with van der Waals surface area (Å²) in [5.74, 6) is 1.37. The minimum absolute atomic E-state index is 0.179. The molecule has 0 N–H and O–H groups in total. The molecule has 0 amide bonds. The summed E-state index contributed by atoms with van der Waals surface area (Å²) in [6, 6.07) is 22.8. The molecule has 1 aromatic heterocycles. The van der Waals surface area contributed by atoms with Gasteiger partial charge in [-0.1, -0.05) is 56.3 Å². The molecule has 5 rings (SSSR count). The number of benzene rings is 4. The van der Waals surface area contributed by atoms with E-state index in [1.54, 1.807) is 32.2 Å². The second-order valence-electron chi connectivity index (χ2n) is 11.1. The Morgan fingerprint density at radius 2 is 1.66 bits per heavy atom. The van der Waals surface area contributed by atoms with Crippen molar-refractivity contribution in [1.82, 2.24) is 9.66 Å². The van der Waals surface area contributed by atoms with Crippen molar-refractivity contribution < 1.29 is 19.0 Å². The Bertz CT molecular complexity index is 1920.